The van der Waals surface area contributed by atoms with Crippen LogP contribution in [0, 0.1) is 13.8 Å². The highest BCUT2D eigenvalue weighted by molar-refractivity contribution is 5.77. The molecule has 0 heterocycles. The van der Waals surface area contributed by atoms with E-state index in [9.17, 15) is 4.79 Å². The molecule has 0 atom stereocenters. The van der Waals surface area contributed by atoms with E-state index in [4.69, 9.17) is 4.74 Å². The minimum Gasteiger partial charge on any atom is -0.484 e. The predicted molar refractivity (Wildman–Crippen MR) is 84.6 cm³/mol. The van der Waals surface area contributed by atoms with Gasteiger partial charge < -0.3 is 10.1 Å². The van der Waals surface area contributed by atoms with Crippen LogP contribution in [0.3, 0.4) is 0 Å². The van der Waals surface area contributed by atoms with Crippen molar-refractivity contribution in [1.29, 1.82) is 0 Å². The molecule has 0 fully saturated rings. The summed E-state index contributed by atoms with van der Waals surface area (Å²) in [6, 6.07) is 16.0. The van der Waals surface area contributed by atoms with E-state index < -0.39 is 0 Å². The molecule has 2 rings (SSSR count). The van der Waals surface area contributed by atoms with E-state index in [2.05, 4.69) is 23.5 Å². The van der Waals surface area contributed by atoms with Gasteiger partial charge in [-0.25, -0.2) is 0 Å². The Bertz CT molecular complexity index is 573. The molecule has 1 amide bonds. The fourth-order valence-corrected chi connectivity index (χ4v) is 2.21. The van der Waals surface area contributed by atoms with Gasteiger partial charge in [-0.3, -0.25) is 4.79 Å². The summed E-state index contributed by atoms with van der Waals surface area (Å²) in [4.78, 5) is 11.7. The third kappa shape index (κ3) is 5.30. The van der Waals surface area contributed by atoms with Crippen molar-refractivity contribution in [3.63, 3.8) is 0 Å². The molecule has 3 heteroatoms. The molecular formula is C18H21NO2. The lowest BCUT2D eigenvalue weighted by Gasteiger charge is -2.09. The van der Waals surface area contributed by atoms with Crippen LogP contribution >= 0.6 is 0 Å². The van der Waals surface area contributed by atoms with Gasteiger partial charge in [0, 0.05) is 6.54 Å². The van der Waals surface area contributed by atoms with Crippen molar-refractivity contribution in [3.05, 3.63) is 65.2 Å². The average Bonchev–Trinajstić information content (AvgIpc) is 2.45. The van der Waals surface area contributed by atoms with Gasteiger partial charge in [0.2, 0.25) is 0 Å². The molecule has 2 aromatic rings. The molecule has 0 radical (unpaired) electrons. The number of ether oxygens (including phenoxy) is 1. The van der Waals surface area contributed by atoms with Crippen molar-refractivity contribution in [1.82, 2.24) is 5.32 Å². The Hall–Kier alpha value is -2.29. The number of rotatable bonds is 6. The minimum absolute atomic E-state index is 0.0533. The third-order valence-corrected chi connectivity index (χ3v) is 3.14. The van der Waals surface area contributed by atoms with Crippen molar-refractivity contribution in [2.75, 3.05) is 13.2 Å². The van der Waals surface area contributed by atoms with Crippen molar-refractivity contribution >= 4 is 5.91 Å². The molecule has 0 bridgehead atoms. The van der Waals surface area contributed by atoms with E-state index in [1.54, 1.807) is 0 Å². The summed E-state index contributed by atoms with van der Waals surface area (Å²) in [5, 5.41) is 2.87. The van der Waals surface area contributed by atoms with Crippen molar-refractivity contribution in [2.45, 2.75) is 20.3 Å². The van der Waals surface area contributed by atoms with E-state index in [-0.39, 0.29) is 12.5 Å². The highest BCUT2D eigenvalue weighted by Crippen LogP contribution is 2.15. The van der Waals surface area contributed by atoms with E-state index in [1.807, 2.05) is 44.2 Å². The van der Waals surface area contributed by atoms with Crippen LogP contribution < -0.4 is 10.1 Å². The van der Waals surface area contributed by atoms with Gasteiger partial charge in [0.1, 0.15) is 5.75 Å². The van der Waals surface area contributed by atoms with Crippen LogP contribution in [0.1, 0.15) is 16.7 Å². The highest BCUT2D eigenvalue weighted by Gasteiger charge is 2.03. The quantitative estimate of drug-likeness (QED) is 0.885. The maximum Gasteiger partial charge on any atom is 0.257 e. The Kier molecular flexibility index (Phi) is 5.38. The summed E-state index contributed by atoms with van der Waals surface area (Å²) < 4.78 is 5.52. The molecule has 0 aliphatic carbocycles. The molecule has 21 heavy (non-hydrogen) atoms. The third-order valence-electron chi connectivity index (χ3n) is 3.14. The van der Waals surface area contributed by atoms with Gasteiger partial charge in [0.05, 0.1) is 0 Å². The first kappa shape index (κ1) is 15.1. The monoisotopic (exact) mass is 283 g/mol. The largest absolute Gasteiger partial charge is 0.484 e. The van der Waals surface area contributed by atoms with Crippen LogP contribution in [0.2, 0.25) is 0 Å². The van der Waals surface area contributed by atoms with Crippen LogP contribution in [0.4, 0.5) is 0 Å². The molecule has 0 unspecified atom stereocenters. The van der Waals surface area contributed by atoms with E-state index in [0.717, 1.165) is 23.3 Å². The van der Waals surface area contributed by atoms with E-state index >= 15 is 0 Å². The van der Waals surface area contributed by atoms with Crippen molar-refractivity contribution in [2.24, 2.45) is 0 Å². The van der Waals surface area contributed by atoms with Gasteiger partial charge in [0.25, 0.3) is 5.91 Å². The van der Waals surface area contributed by atoms with E-state index in [1.165, 1.54) is 5.56 Å². The van der Waals surface area contributed by atoms with Crippen LogP contribution in [0.15, 0.2) is 48.5 Å². The zero-order chi connectivity index (χ0) is 15.1. The topological polar surface area (TPSA) is 38.3 Å². The smallest absolute Gasteiger partial charge is 0.257 e. The Morgan fingerprint density at radius 1 is 1.05 bits per heavy atom. The summed E-state index contributed by atoms with van der Waals surface area (Å²) >= 11 is 0. The Labute approximate surface area is 126 Å². The average molecular weight is 283 g/mol. The number of carbonyl (C=O) groups is 1. The fourth-order valence-electron chi connectivity index (χ4n) is 2.21. The summed E-state index contributed by atoms with van der Waals surface area (Å²) in [6.07, 6.45) is 0.829. The number of aryl methyl sites for hydroxylation is 2. The molecule has 3 nitrogen and oxygen atoms in total. The molecular weight excluding hydrogens is 262 g/mol. The van der Waals surface area contributed by atoms with Gasteiger partial charge in [-0.1, -0.05) is 36.4 Å². The maximum atomic E-state index is 11.7. The number of benzene rings is 2. The predicted octanol–water partition coefficient (Wildman–Crippen LogP) is 3.04. The lowest BCUT2D eigenvalue weighted by atomic mass is 10.1. The summed E-state index contributed by atoms with van der Waals surface area (Å²) in [5.41, 5.74) is 3.48. The zero-order valence-corrected chi connectivity index (χ0v) is 12.6. The molecule has 0 spiro atoms. The first-order chi connectivity index (χ1) is 10.1. The lowest BCUT2D eigenvalue weighted by Crippen LogP contribution is -2.30. The first-order valence-electron chi connectivity index (χ1n) is 7.15. The Balaban J connectivity index is 1.72. The number of hydrogen-bond acceptors (Lipinski definition) is 2. The molecule has 0 aromatic heterocycles. The Morgan fingerprint density at radius 2 is 1.71 bits per heavy atom. The molecule has 0 aliphatic rings. The maximum absolute atomic E-state index is 11.7. The number of nitrogens with one attached hydrogen (secondary N) is 1. The van der Waals surface area contributed by atoms with Gasteiger partial charge in [-0.15, -0.1) is 0 Å². The minimum atomic E-state index is -0.0925. The normalized spacial score (nSPS) is 10.2. The summed E-state index contributed by atoms with van der Waals surface area (Å²) in [7, 11) is 0. The Morgan fingerprint density at radius 3 is 2.38 bits per heavy atom. The van der Waals surface area contributed by atoms with Gasteiger partial charge >= 0.3 is 0 Å². The second kappa shape index (κ2) is 7.48. The molecule has 1 N–H and O–H groups in total. The lowest BCUT2D eigenvalue weighted by molar-refractivity contribution is -0.123. The number of hydrogen-bond donors (Lipinski definition) is 1. The second-order valence-electron chi connectivity index (χ2n) is 5.20. The van der Waals surface area contributed by atoms with Crippen LogP contribution in [-0.4, -0.2) is 19.1 Å². The number of amides is 1. The molecule has 110 valence electrons. The van der Waals surface area contributed by atoms with Gasteiger partial charge in [0.15, 0.2) is 6.61 Å². The van der Waals surface area contributed by atoms with Crippen LogP contribution in [-0.2, 0) is 11.2 Å². The van der Waals surface area contributed by atoms with Crippen molar-refractivity contribution in [3.8, 4) is 5.75 Å². The molecule has 2 aromatic carbocycles. The van der Waals surface area contributed by atoms with Gasteiger partial charge in [-0.05, 0) is 49.1 Å². The SMILES string of the molecule is Cc1cc(C)cc(OCC(=O)NCCc2ccccc2)c1. The van der Waals surface area contributed by atoms with Crippen molar-refractivity contribution < 1.29 is 9.53 Å². The second-order valence-corrected chi connectivity index (χ2v) is 5.20. The fraction of sp³-hybridized carbons (Fsp3) is 0.278. The highest BCUT2D eigenvalue weighted by atomic mass is 16.5. The summed E-state index contributed by atoms with van der Waals surface area (Å²) in [5.74, 6) is 0.649. The molecule has 0 aliphatic heterocycles. The van der Waals surface area contributed by atoms with Crippen LogP contribution in [0.5, 0.6) is 5.75 Å². The van der Waals surface area contributed by atoms with E-state index in [0.29, 0.717) is 6.54 Å². The standard InChI is InChI=1S/C18H21NO2/c1-14-10-15(2)12-17(11-14)21-13-18(20)19-9-8-16-6-4-3-5-7-16/h3-7,10-12H,8-9,13H2,1-2H3,(H,19,20). The summed E-state index contributed by atoms with van der Waals surface area (Å²) in [6.45, 7) is 4.70. The molecule has 0 saturated carbocycles. The molecule has 0 saturated heterocycles. The van der Waals surface area contributed by atoms with Crippen LogP contribution in [0.25, 0.3) is 0 Å². The first-order valence-corrected chi connectivity index (χ1v) is 7.15. The zero-order valence-electron chi connectivity index (χ0n) is 12.6. The number of carbonyl (C=O) groups excluding carboxylic acids is 1. The van der Waals surface area contributed by atoms with Gasteiger partial charge in [-0.2, -0.15) is 0 Å².